The van der Waals surface area contributed by atoms with Gasteiger partial charge in [0.15, 0.2) is 0 Å². The average molecular weight is 332 g/mol. The zero-order chi connectivity index (χ0) is 16.9. The van der Waals surface area contributed by atoms with Gasteiger partial charge in [0.25, 0.3) is 0 Å². The number of aliphatic hydroxyl groups is 1. The van der Waals surface area contributed by atoms with Crippen LogP contribution in [0.3, 0.4) is 0 Å². The lowest BCUT2D eigenvalue weighted by Crippen LogP contribution is -2.40. The Kier molecular flexibility index (Phi) is 4.97. The number of ether oxygens (including phenoxy) is 2. The van der Waals surface area contributed by atoms with Crippen LogP contribution >= 0.6 is 0 Å². The molecule has 1 aromatic heterocycles. The van der Waals surface area contributed by atoms with Crippen LogP contribution in [0.25, 0.3) is 0 Å². The summed E-state index contributed by atoms with van der Waals surface area (Å²) in [6.45, 7) is 0.375. The van der Waals surface area contributed by atoms with Gasteiger partial charge in [-0.25, -0.2) is 9.78 Å². The molecule has 0 bridgehead atoms. The molecule has 1 saturated heterocycles. The van der Waals surface area contributed by atoms with Crippen molar-refractivity contribution in [2.75, 3.05) is 19.0 Å². The number of β-amino-alcohol motifs (C(OH)–C–C–N with tert-alkyl or cyclic N) is 1. The Labute approximate surface area is 139 Å². The van der Waals surface area contributed by atoms with E-state index in [0.29, 0.717) is 18.9 Å². The van der Waals surface area contributed by atoms with E-state index in [4.69, 9.17) is 9.47 Å². The van der Waals surface area contributed by atoms with Crippen molar-refractivity contribution in [1.29, 1.82) is 0 Å². The van der Waals surface area contributed by atoms with Gasteiger partial charge in [0, 0.05) is 18.9 Å². The summed E-state index contributed by atoms with van der Waals surface area (Å²) in [6.07, 6.45) is 1.69. The second-order valence-corrected chi connectivity index (χ2v) is 5.57. The van der Waals surface area contributed by atoms with Crippen LogP contribution in [0.15, 0.2) is 36.7 Å². The van der Waals surface area contributed by atoms with Crippen molar-refractivity contribution in [2.45, 2.75) is 24.7 Å². The highest BCUT2D eigenvalue weighted by molar-refractivity contribution is 5.82. The quantitative estimate of drug-likeness (QED) is 0.648. The maximum atomic E-state index is 11.9. The number of aliphatic hydroxyl groups excluding tert-OH is 1. The van der Waals surface area contributed by atoms with E-state index < -0.39 is 18.3 Å². The van der Waals surface area contributed by atoms with E-state index in [0.717, 1.165) is 11.3 Å². The van der Waals surface area contributed by atoms with Gasteiger partial charge in [-0.2, -0.15) is 0 Å². The maximum Gasteiger partial charge on any atom is 0.414 e. The molecule has 2 aromatic rings. The fraction of sp³-hybridized carbons (Fsp3) is 0.375. The average Bonchev–Trinajstić information content (AvgIpc) is 3.20. The van der Waals surface area contributed by atoms with E-state index in [-0.39, 0.29) is 6.04 Å². The second kappa shape index (κ2) is 7.33. The third-order valence-electron chi connectivity index (χ3n) is 3.94. The van der Waals surface area contributed by atoms with E-state index in [1.54, 1.807) is 13.3 Å². The Morgan fingerprint density at radius 3 is 2.88 bits per heavy atom. The fourth-order valence-corrected chi connectivity index (χ4v) is 2.72. The van der Waals surface area contributed by atoms with Crippen molar-refractivity contribution in [1.82, 2.24) is 15.3 Å². The number of imidazole rings is 1. The maximum absolute atomic E-state index is 11.9. The van der Waals surface area contributed by atoms with E-state index in [1.165, 1.54) is 6.20 Å². The number of hydrogen-bond acceptors (Lipinski definition) is 6. The molecule has 4 N–H and O–H groups in total. The number of anilines is 1. The molecule has 128 valence electrons. The molecule has 0 aliphatic carbocycles. The predicted octanol–water partition coefficient (Wildman–Crippen LogP) is 0.911. The lowest BCUT2D eigenvalue weighted by atomic mass is 10.0. The molecule has 1 aliphatic rings. The molecule has 3 rings (SSSR count). The van der Waals surface area contributed by atoms with Crippen LogP contribution in [0.5, 0.6) is 5.75 Å². The molecule has 24 heavy (non-hydrogen) atoms. The van der Waals surface area contributed by atoms with Crippen molar-refractivity contribution >= 4 is 12.0 Å². The third-order valence-corrected chi connectivity index (χ3v) is 3.94. The highest BCUT2D eigenvalue weighted by atomic mass is 16.6. The number of amides is 1. The number of H-pyrrole nitrogens is 1. The van der Waals surface area contributed by atoms with Gasteiger partial charge < -0.3 is 24.9 Å². The van der Waals surface area contributed by atoms with Gasteiger partial charge in [0.1, 0.15) is 18.0 Å². The zero-order valence-electron chi connectivity index (χ0n) is 13.2. The molecule has 1 amide bonds. The van der Waals surface area contributed by atoms with Crippen LogP contribution in [0.1, 0.15) is 5.56 Å². The molecule has 1 aliphatic heterocycles. The summed E-state index contributed by atoms with van der Waals surface area (Å²) >= 11 is 0. The number of carbonyl (C=O) groups excluding carboxylic acids is 1. The van der Waals surface area contributed by atoms with Crippen molar-refractivity contribution < 1.29 is 19.4 Å². The second-order valence-electron chi connectivity index (χ2n) is 5.57. The summed E-state index contributed by atoms with van der Waals surface area (Å²) in [5.41, 5.74) is 1.06. The van der Waals surface area contributed by atoms with Gasteiger partial charge in [0.2, 0.25) is 5.95 Å². The van der Waals surface area contributed by atoms with Crippen LogP contribution in [0.2, 0.25) is 0 Å². The topological polar surface area (TPSA) is 108 Å². The lowest BCUT2D eigenvalue weighted by molar-refractivity contribution is 0.0254. The van der Waals surface area contributed by atoms with Gasteiger partial charge >= 0.3 is 6.09 Å². The number of benzene rings is 1. The predicted molar refractivity (Wildman–Crippen MR) is 87.0 cm³/mol. The first-order valence-corrected chi connectivity index (χ1v) is 7.67. The number of rotatable bonds is 5. The molecule has 2 heterocycles. The van der Waals surface area contributed by atoms with E-state index in [1.807, 2.05) is 24.3 Å². The van der Waals surface area contributed by atoms with Gasteiger partial charge in [-0.05, 0) is 24.1 Å². The van der Waals surface area contributed by atoms with E-state index in [9.17, 15) is 9.90 Å². The molecule has 0 saturated carbocycles. The van der Waals surface area contributed by atoms with Crippen molar-refractivity contribution in [2.24, 2.45) is 0 Å². The van der Waals surface area contributed by atoms with Crippen LogP contribution in [-0.4, -0.2) is 53.1 Å². The smallest absolute Gasteiger partial charge is 0.414 e. The summed E-state index contributed by atoms with van der Waals surface area (Å²) in [5.74, 6) is 1.08. The molecule has 3 atom stereocenters. The minimum absolute atomic E-state index is 0.171. The normalized spacial score (nSPS) is 23.0. The van der Waals surface area contributed by atoms with Crippen LogP contribution in [0.4, 0.5) is 10.7 Å². The SMILES string of the molecule is COc1ccc(C[C@H]2NC[C@H](O)[C@H]2OC(=O)Nc2ncc[nH]2)cc1. The number of aromatic nitrogens is 2. The van der Waals surface area contributed by atoms with Crippen LogP contribution in [0, 0.1) is 0 Å². The highest BCUT2D eigenvalue weighted by Gasteiger charge is 2.37. The Morgan fingerprint density at radius 1 is 1.42 bits per heavy atom. The van der Waals surface area contributed by atoms with Crippen molar-refractivity contribution in [3.63, 3.8) is 0 Å². The Hall–Kier alpha value is -2.58. The Morgan fingerprint density at radius 2 is 2.21 bits per heavy atom. The van der Waals surface area contributed by atoms with Gasteiger partial charge in [-0.3, -0.25) is 5.32 Å². The molecule has 0 radical (unpaired) electrons. The molecule has 1 fully saturated rings. The molecule has 0 spiro atoms. The first kappa shape index (κ1) is 16.3. The van der Waals surface area contributed by atoms with E-state index in [2.05, 4.69) is 20.6 Å². The first-order chi connectivity index (χ1) is 11.7. The van der Waals surface area contributed by atoms with Gasteiger partial charge in [-0.1, -0.05) is 12.1 Å². The summed E-state index contributed by atoms with van der Waals surface area (Å²) in [7, 11) is 1.62. The molecule has 8 nitrogen and oxygen atoms in total. The molecule has 1 aromatic carbocycles. The summed E-state index contributed by atoms with van der Waals surface area (Å²) in [6, 6.07) is 7.48. The molecular formula is C16H20N4O4. The Bertz CT molecular complexity index is 659. The number of carbonyl (C=O) groups is 1. The minimum Gasteiger partial charge on any atom is -0.497 e. The molecule has 8 heteroatoms. The van der Waals surface area contributed by atoms with Gasteiger partial charge in [-0.15, -0.1) is 0 Å². The molecular weight excluding hydrogens is 312 g/mol. The van der Waals surface area contributed by atoms with Crippen LogP contribution in [-0.2, 0) is 11.2 Å². The van der Waals surface area contributed by atoms with E-state index >= 15 is 0 Å². The van der Waals surface area contributed by atoms with Crippen molar-refractivity contribution in [3.05, 3.63) is 42.2 Å². The number of aromatic amines is 1. The number of nitrogens with zero attached hydrogens (tertiary/aromatic N) is 1. The summed E-state index contributed by atoms with van der Waals surface area (Å²) in [4.78, 5) is 18.6. The fourth-order valence-electron chi connectivity index (χ4n) is 2.72. The van der Waals surface area contributed by atoms with Crippen molar-refractivity contribution in [3.8, 4) is 5.75 Å². The molecule has 0 unspecified atom stereocenters. The largest absolute Gasteiger partial charge is 0.497 e. The number of hydrogen-bond donors (Lipinski definition) is 4. The third kappa shape index (κ3) is 3.84. The van der Waals surface area contributed by atoms with Gasteiger partial charge in [0.05, 0.1) is 13.2 Å². The summed E-state index contributed by atoms with van der Waals surface area (Å²) in [5, 5.41) is 15.8. The Balaban J connectivity index is 1.60. The first-order valence-electron chi connectivity index (χ1n) is 7.67. The number of nitrogens with one attached hydrogen (secondary N) is 3. The highest BCUT2D eigenvalue weighted by Crippen LogP contribution is 2.19. The lowest BCUT2D eigenvalue weighted by Gasteiger charge is -2.22. The number of methoxy groups -OCH3 is 1. The monoisotopic (exact) mass is 332 g/mol. The minimum atomic E-state index is -0.754. The summed E-state index contributed by atoms with van der Waals surface area (Å²) < 4.78 is 10.5. The zero-order valence-corrected chi connectivity index (χ0v) is 13.2. The standard InChI is InChI=1S/C16H20N4O4/c1-23-11-4-2-10(3-5-11)8-12-14(13(21)9-19-12)24-16(22)20-15-17-6-7-18-15/h2-7,12-14,19,21H,8-9H2,1H3,(H2,17,18,20,22)/t12-,13+,14+/m1/s1. The van der Waals surface area contributed by atoms with Crippen LogP contribution < -0.4 is 15.4 Å².